The van der Waals surface area contributed by atoms with E-state index in [1.807, 2.05) is 13.8 Å². The highest BCUT2D eigenvalue weighted by molar-refractivity contribution is 5.87. The lowest BCUT2D eigenvalue weighted by atomic mass is 9.98. The van der Waals surface area contributed by atoms with Gasteiger partial charge in [0, 0.05) is 0 Å². The maximum atomic E-state index is 10.8. The molecule has 0 aromatic rings. The predicted octanol–water partition coefficient (Wildman–Crippen LogP) is 2.09. The molecule has 2 atom stereocenters. The van der Waals surface area contributed by atoms with Crippen LogP contribution in [0.5, 0.6) is 0 Å². The fraction of sp³-hybridized carbons (Fsp3) is 0.700. The van der Waals surface area contributed by atoms with E-state index >= 15 is 0 Å². The van der Waals surface area contributed by atoms with Crippen molar-refractivity contribution in [3.8, 4) is 0 Å². The lowest BCUT2D eigenvalue weighted by Gasteiger charge is -2.27. The summed E-state index contributed by atoms with van der Waals surface area (Å²) in [4.78, 5) is 10.8. The third kappa shape index (κ3) is 2.78. The van der Waals surface area contributed by atoms with E-state index in [1.165, 1.54) is 5.57 Å². The van der Waals surface area contributed by atoms with Gasteiger partial charge in [0.25, 0.3) is 0 Å². The predicted molar refractivity (Wildman–Crippen MR) is 48.0 cm³/mol. The van der Waals surface area contributed by atoms with Crippen LogP contribution in [0.1, 0.15) is 33.6 Å². The van der Waals surface area contributed by atoms with Gasteiger partial charge in [0.1, 0.15) is 0 Å². The first kappa shape index (κ1) is 9.46. The van der Waals surface area contributed by atoms with Crippen molar-refractivity contribution in [2.45, 2.75) is 45.8 Å². The topological polar surface area (TPSA) is 26.3 Å². The molecule has 1 aliphatic heterocycles. The lowest BCUT2D eigenvalue weighted by molar-refractivity contribution is -0.112. The van der Waals surface area contributed by atoms with Crippen LogP contribution in [0.3, 0.4) is 0 Å². The number of hydrogen-bond donors (Lipinski definition) is 0. The highest BCUT2D eigenvalue weighted by atomic mass is 16.5. The normalized spacial score (nSPS) is 30.1. The Hall–Kier alpha value is -0.630. The smallest absolute Gasteiger partial charge is 0.152 e. The average molecular weight is 168 g/mol. The minimum absolute atomic E-state index is 0.145. The van der Waals surface area contributed by atoms with Gasteiger partial charge in [0.2, 0.25) is 0 Å². The molecule has 12 heavy (non-hydrogen) atoms. The van der Waals surface area contributed by atoms with Gasteiger partial charge < -0.3 is 4.74 Å². The second-order valence-corrected chi connectivity index (χ2v) is 3.58. The van der Waals surface area contributed by atoms with E-state index < -0.39 is 0 Å². The van der Waals surface area contributed by atoms with Crippen molar-refractivity contribution in [2.24, 2.45) is 0 Å². The van der Waals surface area contributed by atoms with Gasteiger partial charge in [0.05, 0.1) is 12.2 Å². The number of rotatable bonds is 1. The Morgan fingerprint density at radius 3 is 2.33 bits per heavy atom. The molecule has 0 saturated carbocycles. The Labute approximate surface area is 73.6 Å². The number of ketones is 1. The summed E-state index contributed by atoms with van der Waals surface area (Å²) in [5.41, 5.74) is 1.23. The molecule has 1 saturated heterocycles. The molecule has 68 valence electrons. The van der Waals surface area contributed by atoms with Gasteiger partial charge in [-0.05, 0) is 39.7 Å². The molecule has 2 unspecified atom stereocenters. The van der Waals surface area contributed by atoms with Gasteiger partial charge in [-0.25, -0.2) is 0 Å². The van der Waals surface area contributed by atoms with Crippen LogP contribution in [0, 0.1) is 0 Å². The number of carbonyl (C=O) groups is 1. The second-order valence-electron chi connectivity index (χ2n) is 3.58. The third-order valence-electron chi connectivity index (χ3n) is 1.97. The van der Waals surface area contributed by atoms with Crippen molar-refractivity contribution in [3.05, 3.63) is 11.6 Å². The molecule has 0 radical (unpaired) electrons. The molecule has 0 N–H and O–H groups in total. The van der Waals surface area contributed by atoms with Crippen molar-refractivity contribution < 1.29 is 9.53 Å². The van der Waals surface area contributed by atoms with E-state index in [0.717, 1.165) is 12.8 Å². The molecule has 0 aromatic carbocycles. The molecule has 0 aromatic heterocycles. The zero-order chi connectivity index (χ0) is 9.14. The molecular weight excluding hydrogens is 152 g/mol. The fourth-order valence-electron chi connectivity index (χ4n) is 1.72. The number of hydrogen-bond acceptors (Lipinski definition) is 2. The minimum atomic E-state index is 0.145. The Morgan fingerprint density at radius 2 is 1.92 bits per heavy atom. The zero-order valence-electron chi connectivity index (χ0n) is 7.96. The van der Waals surface area contributed by atoms with Gasteiger partial charge >= 0.3 is 0 Å². The first-order chi connectivity index (χ1) is 5.58. The zero-order valence-corrected chi connectivity index (χ0v) is 7.96. The molecule has 1 heterocycles. The van der Waals surface area contributed by atoms with E-state index in [1.54, 1.807) is 13.0 Å². The first-order valence-electron chi connectivity index (χ1n) is 4.43. The summed E-state index contributed by atoms with van der Waals surface area (Å²) in [6.45, 7) is 5.69. The van der Waals surface area contributed by atoms with Crippen LogP contribution in [0.2, 0.25) is 0 Å². The van der Waals surface area contributed by atoms with Crippen LogP contribution in [0.4, 0.5) is 0 Å². The summed E-state index contributed by atoms with van der Waals surface area (Å²) in [5, 5.41) is 0. The molecule has 1 rings (SSSR count). The summed E-state index contributed by atoms with van der Waals surface area (Å²) in [6, 6.07) is 0. The van der Waals surface area contributed by atoms with Gasteiger partial charge in [-0.3, -0.25) is 4.79 Å². The van der Waals surface area contributed by atoms with Gasteiger partial charge in [0.15, 0.2) is 5.78 Å². The summed E-state index contributed by atoms with van der Waals surface area (Å²) in [5.74, 6) is 0.145. The summed E-state index contributed by atoms with van der Waals surface area (Å²) in [6.07, 6.45) is 4.09. The fourth-order valence-corrected chi connectivity index (χ4v) is 1.72. The Morgan fingerprint density at radius 1 is 1.42 bits per heavy atom. The Balaban J connectivity index is 2.61. The second kappa shape index (κ2) is 3.85. The summed E-state index contributed by atoms with van der Waals surface area (Å²) >= 11 is 0. The van der Waals surface area contributed by atoms with Crippen molar-refractivity contribution in [2.75, 3.05) is 0 Å². The molecule has 0 aliphatic carbocycles. The lowest BCUT2D eigenvalue weighted by Crippen LogP contribution is -2.24. The molecular formula is C10H16O2. The largest absolute Gasteiger partial charge is 0.375 e. The third-order valence-corrected chi connectivity index (χ3v) is 1.97. The van der Waals surface area contributed by atoms with Gasteiger partial charge in [-0.15, -0.1) is 0 Å². The van der Waals surface area contributed by atoms with Crippen LogP contribution >= 0.6 is 0 Å². The molecule has 2 heteroatoms. The van der Waals surface area contributed by atoms with Crippen LogP contribution in [-0.2, 0) is 9.53 Å². The highest BCUT2D eigenvalue weighted by Crippen LogP contribution is 2.23. The van der Waals surface area contributed by atoms with E-state index in [4.69, 9.17) is 4.74 Å². The Bertz CT molecular complexity index is 194. The molecule has 0 bridgehead atoms. The number of ether oxygens (including phenoxy) is 1. The maximum Gasteiger partial charge on any atom is 0.152 e. The van der Waals surface area contributed by atoms with Crippen molar-refractivity contribution >= 4 is 5.78 Å². The summed E-state index contributed by atoms with van der Waals surface area (Å²) in [7, 11) is 0. The Kier molecular flexibility index (Phi) is 3.04. The SMILES string of the molecule is CC(=O)C=C1CC(C)OC(C)C1. The van der Waals surface area contributed by atoms with Crippen LogP contribution in [0.15, 0.2) is 11.6 Å². The number of allylic oxidation sites excluding steroid dienone is 1. The highest BCUT2D eigenvalue weighted by Gasteiger charge is 2.18. The van der Waals surface area contributed by atoms with E-state index in [9.17, 15) is 4.79 Å². The van der Waals surface area contributed by atoms with Crippen LogP contribution in [-0.4, -0.2) is 18.0 Å². The van der Waals surface area contributed by atoms with Gasteiger partial charge in [-0.1, -0.05) is 5.57 Å². The summed E-state index contributed by atoms with van der Waals surface area (Å²) < 4.78 is 5.55. The van der Waals surface area contributed by atoms with E-state index in [2.05, 4.69) is 0 Å². The minimum Gasteiger partial charge on any atom is -0.375 e. The molecule has 0 amide bonds. The molecule has 1 aliphatic rings. The van der Waals surface area contributed by atoms with Crippen LogP contribution < -0.4 is 0 Å². The molecule has 1 fully saturated rings. The monoisotopic (exact) mass is 168 g/mol. The standard InChI is InChI=1S/C10H16O2/c1-7(11)4-10-5-8(2)12-9(3)6-10/h4,8-9H,5-6H2,1-3H3. The van der Waals surface area contributed by atoms with E-state index in [-0.39, 0.29) is 18.0 Å². The average Bonchev–Trinajstić information content (AvgIpc) is 1.81. The molecule has 2 nitrogen and oxygen atoms in total. The number of carbonyl (C=O) groups excluding carboxylic acids is 1. The van der Waals surface area contributed by atoms with Gasteiger partial charge in [-0.2, -0.15) is 0 Å². The van der Waals surface area contributed by atoms with Crippen molar-refractivity contribution in [1.82, 2.24) is 0 Å². The first-order valence-corrected chi connectivity index (χ1v) is 4.43. The quantitative estimate of drug-likeness (QED) is 0.560. The van der Waals surface area contributed by atoms with Crippen molar-refractivity contribution in [1.29, 1.82) is 0 Å². The van der Waals surface area contributed by atoms with Crippen molar-refractivity contribution in [3.63, 3.8) is 0 Å². The van der Waals surface area contributed by atoms with E-state index in [0.29, 0.717) is 0 Å². The molecule has 0 spiro atoms. The van der Waals surface area contributed by atoms with Crippen LogP contribution in [0.25, 0.3) is 0 Å². The maximum absolute atomic E-state index is 10.8.